The summed E-state index contributed by atoms with van der Waals surface area (Å²) in [7, 11) is 0. The van der Waals surface area contributed by atoms with Crippen LogP contribution >= 0.6 is 15.9 Å². The second-order valence-corrected chi connectivity index (χ2v) is 4.79. The molecule has 1 aromatic carbocycles. The van der Waals surface area contributed by atoms with Gasteiger partial charge in [-0.15, -0.1) is 0 Å². The monoisotopic (exact) mass is 239 g/mol. The van der Waals surface area contributed by atoms with Gasteiger partial charge in [-0.2, -0.15) is 0 Å². The van der Waals surface area contributed by atoms with Crippen LogP contribution in [0.1, 0.15) is 25.3 Å². The maximum Gasteiger partial charge on any atom is 0.0406 e. The predicted molar refractivity (Wildman–Crippen MR) is 58.7 cm³/mol. The number of halogens is 1. The smallest absolute Gasteiger partial charge is 0.0406 e. The molecule has 2 rings (SSSR count). The molecule has 1 aliphatic heterocycles. The number of benzene rings is 1. The zero-order valence-corrected chi connectivity index (χ0v) is 9.39. The third kappa shape index (κ3) is 1.79. The van der Waals surface area contributed by atoms with Gasteiger partial charge in [0, 0.05) is 10.0 Å². The van der Waals surface area contributed by atoms with Gasteiger partial charge >= 0.3 is 0 Å². The van der Waals surface area contributed by atoms with Gasteiger partial charge in [0.15, 0.2) is 0 Å². The molecule has 0 spiro atoms. The van der Waals surface area contributed by atoms with Crippen molar-refractivity contribution in [3.05, 3.63) is 34.3 Å². The highest BCUT2D eigenvalue weighted by Crippen LogP contribution is 2.30. The van der Waals surface area contributed by atoms with E-state index in [0.717, 1.165) is 11.0 Å². The lowest BCUT2D eigenvalue weighted by atomic mass is 9.91. The fourth-order valence-corrected chi connectivity index (χ4v) is 2.22. The normalized spacial score (nSPS) is 27.8. The summed E-state index contributed by atoms with van der Waals surface area (Å²) in [5, 5.41) is 3.55. The Hall–Kier alpha value is -0.340. The highest BCUT2D eigenvalue weighted by Gasteiger charge is 2.29. The third-order valence-electron chi connectivity index (χ3n) is 2.85. The van der Waals surface area contributed by atoms with Crippen LogP contribution in [0.25, 0.3) is 0 Å². The highest BCUT2D eigenvalue weighted by molar-refractivity contribution is 9.10. The molecule has 0 aromatic heterocycles. The minimum absolute atomic E-state index is 0.209. The first-order valence-electron chi connectivity index (χ1n) is 4.72. The van der Waals surface area contributed by atoms with E-state index in [1.54, 1.807) is 0 Å². The fraction of sp³-hybridized carbons (Fsp3) is 0.455. The first kappa shape index (κ1) is 9.22. The van der Waals surface area contributed by atoms with Crippen LogP contribution < -0.4 is 5.32 Å². The van der Waals surface area contributed by atoms with Crippen molar-refractivity contribution >= 4 is 15.9 Å². The molecule has 70 valence electrons. The van der Waals surface area contributed by atoms with Gasteiger partial charge in [-0.3, -0.25) is 0 Å². The van der Waals surface area contributed by atoms with E-state index in [9.17, 15) is 0 Å². The van der Waals surface area contributed by atoms with Gasteiger partial charge in [-0.05, 0) is 44.0 Å². The van der Waals surface area contributed by atoms with E-state index in [1.165, 1.54) is 18.4 Å². The summed E-state index contributed by atoms with van der Waals surface area (Å²) in [6, 6.07) is 8.62. The molecule has 0 radical (unpaired) electrons. The number of rotatable bonds is 1. The van der Waals surface area contributed by atoms with Crippen LogP contribution in [-0.2, 0) is 5.54 Å². The molecule has 1 saturated heterocycles. The first-order valence-corrected chi connectivity index (χ1v) is 5.51. The number of nitrogens with one attached hydrogen (secondary N) is 1. The van der Waals surface area contributed by atoms with Crippen molar-refractivity contribution in [1.82, 2.24) is 5.32 Å². The SMILES string of the molecule is CC1(c2ccc(Br)cc2)CCCN1. The largest absolute Gasteiger partial charge is 0.308 e. The molecule has 1 aromatic rings. The van der Waals surface area contributed by atoms with Gasteiger partial charge < -0.3 is 5.32 Å². The Morgan fingerprint density at radius 3 is 2.54 bits per heavy atom. The van der Waals surface area contributed by atoms with E-state index in [-0.39, 0.29) is 5.54 Å². The average molecular weight is 240 g/mol. The van der Waals surface area contributed by atoms with Crippen molar-refractivity contribution < 1.29 is 0 Å². The molecular weight excluding hydrogens is 226 g/mol. The summed E-state index contributed by atoms with van der Waals surface area (Å²) in [5.74, 6) is 0. The quantitative estimate of drug-likeness (QED) is 0.795. The molecule has 0 amide bonds. The van der Waals surface area contributed by atoms with E-state index < -0.39 is 0 Å². The van der Waals surface area contributed by atoms with Crippen molar-refractivity contribution in [2.45, 2.75) is 25.3 Å². The van der Waals surface area contributed by atoms with Gasteiger partial charge in [-0.1, -0.05) is 28.1 Å². The lowest BCUT2D eigenvalue weighted by Gasteiger charge is -2.24. The summed E-state index contributed by atoms with van der Waals surface area (Å²) in [6.07, 6.45) is 2.53. The van der Waals surface area contributed by atoms with Crippen LogP contribution in [0, 0.1) is 0 Å². The van der Waals surface area contributed by atoms with Crippen LogP contribution in [0.15, 0.2) is 28.7 Å². The molecule has 0 aliphatic carbocycles. The minimum atomic E-state index is 0.209. The summed E-state index contributed by atoms with van der Waals surface area (Å²) in [6.45, 7) is 3.43. The van der Waals surface area contributed by atoms with Crippen molar-refractivity contribution in [2.24, 2.45) is 0 Å². The van der Waals surface area contributed by atoms with E-state index in [1.807, 2.05) is 0 Å². The van der Waals surface area contributed by atoms with Gasteiger partial charge in [0.25, 0.3) is 0 Å². The van der Waals surface area contributed by atoms with Gasteiger partial charge in [0.05, 0.1) is 0 Å². The van der Waals surface area contributed by atoms with Crippen LogP contribution in [0.5, 0.6) is 0 Å². The Kier molecular flexibility index (Phi) is 2.43. The Labute approximate surface area is 87.7 Å². The van der Waals surface area contributed by atoms with Crippen molar-refractivity contribution in [3.8, 4) is 0 Å². The van der Waals surface area contributed by atoms with Crippen molar-refractivity contribution in [1.29, 1.82) is 0 Å². The Morgan fingerprint density at radius 1 is 1.31 bits per heavy atom. The maximum atomic E-state index is 3.55. The number of hydrogen-bond donors (Lipinski definition) is 1. The van der Waals surface area contributed by atoms with Crippen LogP contribution in [0.3, 0.4) is 0 Å². The molecule has 2 heteroatoms. The summed E-state index contributed by atoms with van der Waals surface area (Å²) >= 11 is 3.45. The van der Waals surface area contributed by atoms with Crippen LogP contribution in [0.4, 0.5) is 0 Å². The summed E-state index contributed by atoms with van der Waals surface area (Å²) in [4.78, 5) is 0. The van der Waals surface area contributed by atoms with Crippen molar-refractivity contribution in [3.63, 3.8) is 0 Å². The van der Waals surface area contributed by atoms with Gasteiger partial charge in [-0.25, -0.2) is 0 Å². The molecule has 1 unspecified atom stereocenters. The second-order valence-electron chi connectivity index (χ2n) is 3.87. The van der Waals surface area contributed by atoms with E-state index >= 15 is 0 Å². The Bertz CT molecular complexity index is 285. The Balaban J connectivity index is 2.29. The predicted octanol–water partition coefficient (Wildman–Crippen LogP) is 3.05. The fourth-order valence-electron chi connectivity index (χ4n) is 1.96. The molecule has 13 heavy (non-hydrogen) atoms. The first-order chi connectivity index (χ1) is 6.21. The topological polar surface area (TPSA) is 12.0 Å². The zero-order chi connectivity index (χ0) is 9.31. The molecule has 1 heterocycles. The summed E-state index contributed by atoms with van der Waals surface area (Å²) < 4.78 is 1.15. The standard InChI is InChI=1S/C11H14BrN/c1-11(7-2-8-13-11)9-3-5-10(12)6-4-9/h3-6,13H,2,7-8H2,1H3. The molecule has 1 N–H and O–H groups in total. The van der Waals surface area contributed by atoms with Gasteiger partial charge in [0.1, 0.15) is 0 Å². The zero-order valence-electron chi connectivity index (χ0n) is 7.81. The van der Waals surface area contributed by atoms with Gasteiger partial charge in [0.2, 0.25) is 0 Å². The lowest BCUT2D eigenvalue weighted by Crippen LogP contribution is -2.32. The van der Waals surface area contributed by atoms with Crippen LogP contribution in [0.2, 0.25) is 0 Å². The summed E-state index contributed by atoms with van der Waals surface area (Å²) in [5.41, 5.74) is 1.61. The maximum absolute atomic E-state index is 3.55. The lowest BCUT2D eigenvalue weighted by molar-refractivity contribution is 0.435. The molecule has 1 nitrogen and oxygen atoms in total. The average Bonchev–Trinajstić information content (AvgIpc) is 2.54. The van der Waals surface area contributed by atoms with E-state index in [4.69, 9.17) is 0 Å². The third-order valence-corrected chi connectivity index (χ3v) is 3.38. The molecule has 1 aliphatic rings. The van der Waals surface area contributed by atoms with Crippen LogP contribution in [-0.4, -0.2) is 6.54 Å². The molecular formula is C11H14BrN. The molecule has 0 bridgehead atoms. The van der Waals surface area contributed by atoms with Crippen molar-refractivity contribution in [2.75, 3.05) is 6.54 Å². The Morgan fingerprint density at radius 2 is 2.00 bits per heavy atom. The highest BCUT2D eigenvalue weighted by atomic mass is 79.9. The molecule has 1 atom stereocenters. The number of hydrogen-bond acceptors (Lipinski definition) is 1. The van der Waals surface area contributed by atoms with E-state index in [0.29, 0.717) is 0 Å². The molecule has 1 fully saturated rings. The van der Waals surface area contributed by atoms with E-state index in [2.05, 4.69) is 52.4 Å². The second kappa shape index (κ2) is 3.43. The molecule has 0 saturated carbocycles. The minimum Gasteiger partial charge on any atom is -0.308 e.